The van der Waals surface area contributed by atoms with E-state index in [1.165, 1.54) is 60.7 Å². The second-order valence-electron chi connectivity index (χ2n) is 13.4. The largest absolute Gasteiger partial charge is 0.416 e. The quantitative estimate of drug-likeness (QED) is 0.186. The molecule has 1 aromatic heterocycles. The third-order valence-electron chi connectivity index (χ3n) is 9.92. The van der Waals surface area contributed by atoms with E-state index < -0.39 is 39.7 Å². The molecule has 2 fully saturated rings. The van der Waals surface area contributed by atoms with E-state index in [1.807, 2.05) is 4.90 Å². The van der Waals surface area contributed by atoms with Crippen LogP contribution in [-0.2, 0) is 22.6 Å². The Morgan fingerprint density at radius 3 is 2.24 bits per heavy atom. The molecule has 51 heavy (non-hydrogen) atoms. The molecule has 0 unspecified atom stereocenters. The molecular weight excluding hydrogens is 694 g/mol. The lowest BCUT2D eigenvalue weighted by Crippen LogP contribution is -2.46. The van der Waals surface area contributed by atoms with E-state index in [0.29, 0.717) is 25.2 Å². The molecule has 1 N–H and O–H groups in total. The van der Waals surface area contributed by atoms with Gasteiger partial charge in [0.2, 0.25) is 0 Å². The average Bonchev–Trinajstić information content (AvgIpc) is 3.51. The van der Waals surface area contributed by atoms with Crippen molar-refractivity contribution in [1.82, 2.24) is 20.1 Å². The number of hydrogen-bond acceptors (Lipinski definition) is 6. The normalized spacial score (nSPS) is 19.0. The predicted molar refractivity (Wildman–Crippen MR) is 182 cm³/mol. The van der Waals surface area contributed by atoms with Gasteiger partial charge in [0.1, 0.15) is 0 Å². The molecule has 0 spiro atoms. The van der Waals surface area contributed by atoms with E-state index in [-0.39, 0.29) is 50.3 Å². The van der Waals surface area contributed by atoms with Gasteiger partial charge in [-0.3, -0.25) is 14.6 Å². The van der Waals surface area contributed by atoms with Crippen molar-refractivity contribution in [1.29, 1.82) is 0 Å². The van der Waals surface area contributed by atoms with E-state index in [4.69, 9.17) is 0 Å². The van der Waals surface area contributed by atoms with Crippen LogP contribution in [0.1, 0.15) is 65.7 Å². The third kappa shape index (κ3) is 8.07. The summed E-state index contributed by atoms with van der Waals surface area (Å²) >= 11 is 0. The number of benzene rings is 3. The van der Waals surface area contributed by atoms with E-state index in [0.717, 1.165) is 50.6 Å². The van der Waals surface area contributed by atoms with Crippen molar-refractivity contribution in [3.8, 4) is 11.3 Å². The zero-order valence-corrected chi connectivity index (χ0v) is 28.9. The number of rotatable bonds is 8. The number of alkyl halides is 6. The highest BCUT2D eigenvalue weighted by molar-refractivity contribution is 7.90. The molecule has 4 aromatic rings. The minimum Gasteiger partial charge on any atom is -0.337 e. The van der Waals surface area contributed by atoms with Crippen LogP contribution in [0, 0.1) is 0 Å². The van der Waals surface area contributed by atoms with Gasteiger partial charge >= 0.3 is 12.4 Å². The van der Waals surface area contributed by atoms with Crippen molar-refractivity contribution in [2.75, 3.05) is 25.9 Å². The van der Waals surface area contributed by atoms with Crippen LogP contribution in [0.5, 0.6) is 0 Å². The minimum atomic E-state index is -4.92. The first-order valence-corrected chi connectivity index (χ1v) is 18.6. The zero-order chi connectivity index (χ0) is 36.7. The molecule has 7 nitrogen and oxygen atoms in total. The fraction of sp³-hybridized carbons (Fsp3) is 0.405. The predicted octanol–water partition coefficient (Wildman–Crippen LogP) is 7.81. The van der Waals surface area contributed by atoms with Crippen LogP contribution < -0.4 is 5.32 Å². The number of piperidine rings is 1. The number of aromatic nitrogens is 1. The van der Waals surface area contributed by atoms with Crippen molar-refractivity contribution in [3.63, 3.8) is 0 Å². The molecule has 2 atom stereocenters. The highest BCUT2D eigenvalue weighted by Crippen LogP contribution is 2.38. The third-order valence-corrected chi connectivity index (χ3v) is 11.0. The minimum absolute atomic E-state index is 0.00980. The van der Waals surface area contributed by atoms with Crippen LogP contribution >= 0.6 is 0 Å². The molecule has 14 heteroatoms. The molecular formula is C37H38F6N4O3S. The number of hydrogen-bond donors (Lipinski definition) is 1. The smallest absolute Gasteiger partial charge is 0.337 e. The van der Waals surface area contributed by atoms with Gasteiger partial charge in [-0.05, 0) is 88.1 Å². The summed E-state index contributed by atoms with van der Waals surface area (Å²) < 4.78 is 111. The topological polar surface area (TPSA) is 82.6 Å². The van der Waals surface area contributed by atoms with Crippen LogP contribution in [0.3, 0.4) is 0 Å². The summed E-state index contributed by atoms with van der Waals surface area (Å²) in [4.78, 5) is 23.4. The first-order chi connectivity index (χ1) is 24.0. The van der Waals surface area contributed by atoms with Gasteiger partial charge in [-0.2, -0.15) is 26.3 Å². The summed E-state index contributed by atoms with van der Waals surface area (Å²) in [5, 5.41) is 2.10. The molecule has 272 valence electrons. The Balaban J connectivity index is 1.53. The first kappa shape index (κ1) is 36.8. The SMILES string of the molecule is C[C@H]1CCCN1C1CCN(Cc2c(-c3cccc(C(F)(F)F)c3)nc3ccc(S(C)(=O)=O)cc3c2C(=O)N[C@H](c2ccccc2)C(F)(F)F)CC1. The van der Waals surface area contributed by atoms with Crippen LogP contribution in [0.25, 0.3) is 22.2 Å². The summed E-state index contributed by atoms with van der Waals surface area (Å²) in [6.45, 7) is 4.29. The Labute approximate surface area is 292 Å². The zero-order valence-electron chi connectivity index (χ0n) is 28.1. The highest BCUT2D eigenvalue weighted by Gasteiger charge is 2.43. The Hall–Kier alpha value is -4.01. The fourth-order valence-corrected chi connectivity index (χ4v) is 7.99. The summed E-state index contributed by atoms with van der Waals surface area (Å²) in [5.41, 5.74) is -1.33. The van der Waals surface area contributed by atoms with Gasteiger partial charge in [-0.1, -0.05) is 42.5 Å². The molecule has 0 bridgehead atoms. The van der Waals surface area contributed by atoms with E-state index in [1.54, 1.807) is 0 Å². The maximum absolute atomic E-state index is 14.6. The van der Waals surface area contributed by atoms with Gasteiger partial charge in [-0.15, -0.1) is 0 Å². The summed E-state index contributed by atoms with van der Waals surface area (Å²) in [6.07, 6.45) is -4.88. The molecule has 6 rings (SSSR count). The van der Waals surface area contributed by atoms with Gasteiger partial charge in [0, 0.05) is 41.4 Å². The maximum Gasteiger partial charge on any atom is 0.416 e. The Kier molecular flexibility index (Phi) is 10.2. The number of carbonyl (C=O) groups excluding carboxylic acids is 1. The monoisotopic (exact) mass is 732 g/mol. The van der Waals surface area contributed by atoms with Gasteiger partial charge in [-0.25, -0.2) is 13.4 Å². The average molecular weight is 733 g/mol. The van der Waals surface area contributed by atoms with Crippen LogP contribution in [-0.4, -0.2) is 73.3 Å². The van der Waals surface area contributed by atoms with Crippen molar-refractivity contribution in [3.05, 3.63) is 95.1 Å². The van der Waals surface area contributed by atoms with Crippen LogP contribution in [0.15, 0.2) is 77.7 Å². The lowest BCUT2D eigenvalue weighted by molar-refractivity contribution is -0.155. The summed E-state index contributed by atoms with van der Waals surface area (Å²) in [7, 11) is -3.85. The van der Waals surface area contributed by atoms with Crippen LogP contribution in [0.2, 0.25) is 0 Å². The van der Waals surface area contributed by atoms with E-state index in [2.05, 4.69) is 22.1 Å². The number of nitrogens with zero attached hydrogens (tertiary/aromatic N) is 3. The van der Waals surface area contributed by atoms with Crippen molar-refractivity contribution < 1.29 is 39.6 Å². The second-order valence-corrected chi connectivity index (χ2v) is 15.5. The standard InChI is InChI=1S/C37H38F6N4O3S/c1-23-8-7-17-47(23)27-15-18-46(19-16-27)22-30-32(35(48)45-34(37(41,42)43)24-9-4-3-5-10-24)29-21-28(51(2,49)50)13-14-31(29)44-33(30)25-11-6-12-26(20-25)36(38,39)40/h3-6,9-14,20-21,23,27,34H,7-8,15-19,22H2,1-2H3,(H,45,48)/t23-,34+/m0/s1. The molecule has 1 amide bonds. The molecule has 2 aliphatic heterocycles. The number of likely N-dealkylation sites (tertiary alicyclic amines) is 2. The molecule has 3 aromatic carbocycles. The number of nitrogens with one attached hydrogen (secondary N) is 1. The molecule has 2 saturated heterocycles. The second kappa shape index (κ2) is 14.2. The van der Waals surface area contributed by atoms with E-state index in [9.17, 15) is 39.6 Å². The van der Waals surface area contributed by atoms with Crippen molar-refractivity contribution >= 4 is 26.6 Å². The molecule has 0 radical (unpaired) electrons. The Bertz CT molecular complexity index is 2010. The van der Waals surface area contributed by atoms with Gasteiger partial charge in [0.25, 0.3) is 5.91 Å². The lowest BCUT2D eigenvalue weighted by Gasteiger charge is -2.39. The highest BCUT2D eigenvalue weighted by atomic mass is 32.2. The van der Waals surface area contributed by atoms with Crippen LogP contribution in [0.4, 0.5) is 26.3 Å². The Morgan fingerprint density at radius 2 is 1.63 bits per heavy atom. The number of halogens is 6. The molecule has 0 saturated carbocycles. The number of pyridine rings is 1. The summed E-state index contributed by atoms with van der Waals surface area (Å²) in [6, 6.07) is 13.3. The number of fused-ring (bicyclic) bond motifs is 1. The molecule has 2 aliphatic rings. The van der Waals surface area contributed by atoms with Gasteiger partial charge in [0.05, 0.1) is 27.2 Å². The van der Waals surface area contributed by atoms with Gasteiger partial charge < -0.3 is 5.32 Å². The Morgan fingerprint density at radius 1 is 0.922 bits per heavy atom. The number of carbonyl (C=O) groups is 1. The lowest BCUT2D eigenvalue weighted by atomic mass is 9.93. The van der Waals surface area contributed by atoms with E-state index >= 15 is 0 Å². The number of amides is 1. The molecule has 0 aliphatic carbocycles. The van der Waals surface area contributed by atoms with Gasteiger partial charge in [0.15, 0.2) is 15.9 Å². The maximum atomic E-state index is 14.6. The van der Waals surface area contributed by atoms with Crippen molar-refractivity contribution in [2.45, 2.75) is 74.5 Å². The fourth-order valence-electron chi connectivity index (χ4n) is 7.34. The molecule has 3 heterocycles. The summed E-state index contributed by atoms with van der Waals surface area (Å²) in [5.74, 6) is -1.16. The van der Waals surface area contributed by atoms with Crippen molar-refractivity contribution in [2.24, 2.45) is 0 Å². The first-order valence-electron chi connectivity index (χ1n) is 16.8. The number of sulfone groups is 1.